The molecule has 2 aromatic rings. The molecule has 7 nitrogen and oxygen atoms in total. The Bertz CT molecular complexity index is 1010. The van der Waals surface area contributed by atoms with E-state index in [-0.39, 0.29) is 29.5 Å². The van der Waals surface area contributed by atoms with Crippen LogP contribution in [0, 0.1) is 20.8 Å². The smallest absolute Gasteiger partial charge is 0.355 e. The van der Waals surface area contributed by atoms with Gasteiger partial charge in [0.15, 0.2) is 5.78 Å². The van der Waals surface area contributed by atoms with Crippen molar-refractivity contribution in [3.8, 4) is 0 Å². The van der Waals surface area contributed by atoms with Crippen molar-refractivity contribution in [1.29, 1.82) is 0 Å². The van der Waals surface area contributed by atoms with Crippen molar-refractivity contribution in [3.05, 3.63) is 52.3 Å². The molecule has 0 radical (unpaired) electrons. The Kier molecular flexibility index (Phi) is 7.02. The SMILES string of the molecule is CCOC(=O)c1[nH]c(C)c(C(=O)C(C)N(CC)S(=O)(=O)c2ccc(C)cc2)c1C. The third-order valence-corrected chi connectivity index (χ3v) is 6.97. The molecule has 0 bridgehead atoms. The number of likely N-dealkylation sites (N-methyl/N-ethyl adjacent to an activating group) is 1. The number of esters is 1. The first-order valence-electron chi connectivity index (χ1n) is 9.55. The molecule has 1 heterocycles. The Morgan fingerprint density at radius 3 is 2.21 bits per heavy atom. The number of aromatic amines is 1. The van der Waals surface area contributed by atoms with E-state index in [4.69, 9.17) is 4.74 Å². The van der Waals surface area contributed by atoms with E-state index in [0.717, 1.165) is 5.56 Å². The number of sulfonamides is 1. The Morgan fingerprint density at radius 2 is 1.69 bits per heavy atom. The van der Waals surface area contributed by atoms with Gasteiger partial charge in [0.1, 0.15) is 5.69 Å². The minimum absolute atomic E-state index is 0.135. The summed E-state index contributed by atoms with van der Waals surface area (Å²) in [6.45, 7) is 10.5. The molecule has 0 saturated heterocycles. The highest BCUT2D eigenvalue weighted by Crippen LogP contribution is 2.25. The van der Waals surface area contributed by atoms with Crippen LogP contribution in [-0.4, -0.2) is 48.7 Å². The Balaban J connectivity index is 2.42. The summed E-state index contributed by atoms with van der Waals surface area (Å²) in [6, 6.07) is 5.58. The zero-order valence-corrected chi connectivity index (χ0v) is 18.5. The molecule has 0 saturated carbocycles. The van der Waals surface area contributed by atoms with Gasteiger partial charge in [-0.1, -0.05) is 24.6 Å². The zero-order valence-electron chi connectivity index (χ0n) is 17.7. The average molecular weight is 421 g/mol. The summed E-state index contributed by atoms with van der Waals surface area (Å²) in [5.74, 6) is -0.913. The van der Waals surface area contributed by atoms with Gasteiger partial charge < -0.3 is 9.72 Å². The minimum atomic E-state index is -3.85. The maximum atomic E-state index is 13.2. The molecule has 0 aliphatic carbocycles. The summed E-state index contributed by atoms with van der Waals surface area (Å²) in [7, 11) is -3.85. The van der Waals surface area contributed by atoms with Crippen molar-refractivity contribution in [2.24, 2.45) is 0 Å². The second-order valence-corrected chi connectivity index (χ2v) is 8.80. The van der Waals surface area contributed by atoms with Gasteiger partial charge in [0.25, 0.3) is 0 Å². The highest BCUT2D eigenvalue weighted by atomic mass is 32.2. The van der Waals surface area contributed by atoms with Crippen LogP contribution in [0.1, 0.15) is 58.4 Å². The lowest BCUT2D eigenvalue weighted by Gasteiger charge is -2.26. The predicted octanol–water partition coefficient (Wildman–Crippen LogP) is 3.40. The van der Waals surface area contributed by atoms with E-state index >= 15 is 0 Å². The molecular formula is C21H28N2O5S. The number of carbonyl (C=O) groups is 2. The number of H-pyrrole nitrogens is 1. The number of benzene rings is 1. The van der Waals surface area contributed by atoms with Gasteiger partial charge in [0.2, 0.25) is 10.0 Å². The lowest BCUT2D eigenvalue weighted by atomic mass is 10.0. The first-order chi connectivity index (χ1) is 13.6. The Hall–Kier alpha value is -2.45. The predicted molar refractivity (Wildman–Crippen MR) is 111 cm³/mol. The summed E-state index contributed by atoms with van der Waals surface area (Å²) in [5, 5.41) is 0. The highest BCUT2D eigenvalue weighted by molar-refractivity contribution is 7.89. The van der Waals surface area contributed by atoms with Gasteiger partial charge in [-0.3, -0.25) is 4.79 Å². The zero-order chi connectivity index (χ0) is 21.9. The lowest BCUT2D eigenvalue weighted by Crippen LogP contribution is -2.43. The standard InChI is InChI=1S/C21H28N2O5S/c1-7-23(29(26,27)17-11-9-13(3)10-12-17)16(6)20(24)18-14(4)19(22-15(18)5)21(25)28-8-2/h9-12,16,22H,7-8H2,1-6H3. The second kappa shape index (κ2) is 8.92. The number of nitrogens with zero attached hydrogens (tertiary/aromatic N) is 1. The monoisotopic (exact) mass is 420 g/mol. The van der Waals surface area contributed by atoms with Crippen LogP contribution in [0.3, 0.4) is 0 Å². The van der Waals surface area contributed by atoms with Crippen LogP contribution in [0.25, 0.3) is 0 Å². The van der Waals surface area contributed by atoms with Crippen LogP contribution < -0.4 is 0 Å². The average Bonchev–Trinajstić information content (AvgIpc) is 2.96. The van der Waals surface area contributed by atoms with E-state index in [9.17, 15) is 18.0 Å². The fourth-order valence-corrected chi connectivity index (χ4v) is 4.97. The summed E-state index contributed by atoms with van der Waals surface area (Å²) in [4.78, 5) is 28.4. The molecule has 0 amide bonds. The van der Waals surface area contributed by atoms with Crippen molar-refractivity contribution >= 4 is 21.8 Å². The molecule has 0 aliphatic heterocycles. The number of ether oxygens (including phenoxy) is 1. The van der Waals surface area contributed by atoms with Gasteiger partial charge in [0.05, 0.1) is 17.5 Å². The number of rotatable bonds is 8. The largest absolute Gasteiger partial charge is 0.461 e. The third kappa shape index (κ3) is 4.43. The van der Waals surface area contributed by atoms with Gasteiger partial charge >= 0.3 is 5.97 Å². The maximum absolute atomic E-state index is 13.2. The van der Waals surface area contributed by atoms with Crippen LogP contribution in [-0.2, 0) is 14.8 Å². The van der Waals surface area contributed by atoms with E-state index in [1.54, 1.807) is 46.8 Å². The fourth-order valence-electron chi connectivity index (χ4n) is 3.36. The van der Waals surface area contributed by atoms with Crippen LogP contribution in [0.5, 0.6) is 0 Å². The molecule has 29 heavy (non-hydrogen) atoms. The molecule has 0 spiro atoms. The van der Waals surface area contributed by atoms with Gasteiger partial charge in [0, 0.05) is 17.8 Å². The maximum Gasteiger partial charge on any atom is 0.355 e. The molecule has 1 N–H and O–H groups in total. The first kappa shape index (κ1) is 22.8. The number of aromatic nitrogens is 1. The van der Waals surface area contributed by atoms with Crippen LogP contribution in [0.15, 0.2) is 29.2 Å². The normalized spacial score (nSPS) is 12.8. The van der Waals surface area contributed by atoms with Crippen LogP contribution >= 0.6 is 0 Å². The molecule has 1 aromatic heterocycles. The van der Waals surface area contributed by atoms with E-state index in [0.29, 0.717) is 16.8 Å². The molecule has 2 rings (SSSR count). The lowest BCUT2D eigenvalue weighted by molar-refractivity contribution is 0.0519. The fraction of sp³-hybridized carbons (Fsp3) is 0.429. The molecule has 8 heteroatoms. The van der Waals surface area contributed by atoms with Gasteiger partial charge in [-0.2, -0.15) is 4.31 Å². The summed E-state index contributed by atoms with van der Waals surface area (Å²) in [6.07, 6.45) is 0. The van der Waals surface area contributed by atoms with Crippen molar-refractivity contribution in [3.63, 3.8) is 0 Å². The van der Waals surface area contributed by atoms with Crippen LogP contribution in [0.4, 0.5) is 0 Å². The van der Waals surface area contributed by atoms with E-state index < -0.39 is 22.0 Å². The number of hydrogen-bond donors (Lipinski definition) is 1. The molecule has 0 aliphatic rings. The Morgan fingerprint density at radius 1 is 1.10 bits per heavy atom. The molecule has 158 valence electrons. The summed E-state index contributed by atoms with van der Waals surface area (Å²) < 4.78 is 32.4. The third-order valence-electron chi connectivity index (χ3n) is 4.91. The number of hydrogen-bond acceptors (Lipinski definition) is 5. The molecular weight excluding hydrogens is 392 g/mol. The van der Waals surface area contributed by atoms with E-state index in [1.165, 1.54) is 16.4 Å². The van der Waals surface area contributed by atoms with Gasteiger partial charge in [-0.15, -0.1) is 0 Å². The van der Waals surface area contributed by atoms with Crippen molar-refractivity contribution in [2.45, 2.75) is 52.5 Å². The number of ketones is 1. The van der Waals surface area contributed by atoms with Crippen LogP contribution in [0.2, 0.25) is 0 Å². The molecule has 1 atom stereocenters. The van der Waals surface area contributed by atoms with Crippen molar-refractivity contribution in [1.82, 2.24) is 9.29 Å². The highest BCUT2D eigenvalue weighted by Gasteiger charge is 2.34. The minimum Gasteiger partial charge on any atom is -0.461 e. The number of nitrogens with one attached hydrogen (secondary N) is 1. The van der Waals surface area contributed by atoms with E-state index in [1.807, 2.05) is 6.92 Å². The molecule has 1 unspecified atom stereocenters. The van der Waals surface area contributed by atoms with Gasteiger partial charge in [-0.25, -0.2) is 13.2 Å². The van der Waals surface area contributed by atoms with Gasteiger partial charge in [-0.05, 0) is 52.3 Å². The topological polar surface area (TPSA) is 96.5 Å². The van der Waals surface area contributed by atoms with E-state index in [2.05, 4.69) is 4.98 Å². The quantitative estimate of drug-likeness (QED) is 0.521. The van der Waals surface area contributed by atoms with Crippen molar-refractivity contribution < 1.29 is 22.7 Å². The number of carbonyl (C=O) groups excluding carboxylic acids is 2. The van der Waals surface area contributed by atoms with Crippen molar-refractivity contribution in [2.75, 3.05) is 13.2 Å². The second-order valence-electron chi connectivity index (χ2n) is 6.91. The molecule has 1 aromatic carbocycles. The first-order valence-corrected chi connectivity index (χ1v) is 11.0. The summed E-state index contributed by atoms with van der Waals surface area (Å²) in [5.41, 5.74) is 2.44. The summed E-state index contributed by atoms with van der Waals surface area (Å²) >= 11 is 0. The number of Topliss-reactive ketones (excluding diaryl/α,β-unsaturated/α-hetero) is 1. The molecule has 0 fully saturated rings. The Labute approximate surface area is 172 Å². The number of aryl methyl sites for hydroxylation is 2.